The normalized spacial score (nSPS) is 45.0. The van der Waals surface area contributed by atoms with Gasteiger partial charge in [-0.3, -0.25) is 0 Å². The summed E-state index contributed by atoms with van der Waals surface area (Å²) in [5.41, 5.74) is 0. The van der Waals surface area contributed by atoms with Gasteiger partial charge in [0.05, 0.1) is 13.1 Å². The van der Waals surface area contributed by atoms with E-state index in [-0.39, 0.29) is 0 Å². The topological polar surface area (TPSA) is 16.6 Å². The van der Waals surface area contributed by atoms with Crippen LogP contribution >= 0.6 is 15.9 Å². The predicted molar refractivity (Wildman–Crippen MR) is 49.9 cm³/mol. The lowest BCUT2D eigenvalue weighted by Crippen LogP contribution is -2.89. The monoisotopic (exact) mass is 218 g/mol. The molecule has 1 heterocycles. The molecule has 2 heteroatoms. The number of quaternary nitrogens is 1. The molecule has 0 amide bonds. The van der Waals surface area contributed by atoms with Crippen molar-refractivity contribution in [3.63, 3.8) is 0 Å². The fraction of sp³-hybridized carbons (Fsp3) is 1.00. The van der Waals surface area contributed by atoms with Crippen molar-refractivity contribution in [2.75, 3.05) is 13.1 Å². The summed E-state index contributed by atoms with van der Waals surface area (Å²) in [5.74, 6) is 0.963. The van der Waals surface area contributed by atoms with Gasteiger partial charge in [-0.2, -0.15) is 0 Å². The highest BCUT2D eigenvalue weighted by molar-refractivity contribution is 9.10. The Balaban J connectivity index is 2.06. The van der Waals surface area contributed by atoms with E-state index in [9.17, 15) is 0 Å². The van der Waals surface area contributed by atoms with E-state index < -0.39 is 0 Å². The quantitative estimate of drug-likeness (QED) is 0.591. The second-order valence-corrected chi connectivity index (χ2v) is 5.62. The lowest BCUT2D eigenvalue weighted by atomic mass is 9.75. The van der Waals surface area contributed by atoms with Crippen LogP contribution in [0.1, 0.15) is 32.1 Å². The lowest BCUT2D eigenvalue weighted by molar-refractivity contribution is -0.671. The molecule has 0 spiro atoms. The molecule has 1 nitrogen and oxygen atoms in total. The van der Waals surface area contributed by atoms with E-state index in [2.05, 4.69) is 21.2 Å². The molecule has 64 valence electrons. The van der Waals surface area contributed by atoms with Crippen LogP contribution in [-0.2, 0) is 0 Å². The number of rotatable bonds is 0. The zero-order chi connectivity index (χ0) is 7.73. The third-order valence-corrected chi connectivity index (χ3v) is 4.78. The maximum absolute atomic E-state index is 3.95. The highest BCUT2D eigenvalue weighted by atomic mass is 79.9. The molecule has 0 aromatic carbocycles. The van der Waals surface area contributed by atoms with Gasteiger partial charge in [-0.15, -0.1) is 0 Å². The van der Waals surface area contributed by atoms with Gasteiger partial charge in [0.25, 0.3) is 0 Å². The molecule has 0 aromatic rings. The van der Waals surface area contributed by atoms with E-state index in [0.717, 1.165) is 5.92 Å². The summed E-state index contributed by atoms with van der Waals surface area (Å²) in [6.45, 7) is 2.70. The minimum Gasteiger partial charge on any atom is -0.346 e. The molecule has 0 radical (unpaired) electrons. The second-order valence-electron chi connectivity index (χ2n) is 4.04. The predicted octanol–water partition coefficient (Wildman–Crippen LogP) is 1.28. The first-order valence-corrected chi connectivity index (χ1v) is 5.61. The smallest absolute Gasteiger partial charge is 0.0797 e. The Morgan fingerprint density at radius 3 is 3.00 bits per heavy atom. The minimum absolute atomic E-state index is 0.556. The molecule has 1 aliphatic carbocycles. The number of fused-ring (bicyclic) bond motifs is 1. The van der Waals surface area contributed by atoms with Crippen LogP contribution in [-0.4, -0.2) is 17.4 Å². The van der Waals surface area contributed by atoms with Gasteiger partial charge in [0.2, 0.25) is 0 Å². The molecule has 2 rings (SSSR count). The summed E-state index contributed by atoms with van der Waals surface area (Å²) in [6, 6.07) is 0. The summed E-state index contributed by atoms with van der Waals surface area (Å²) >= 11 is 3.95. The first-order valence-electron chi connectivity index (χ1n) is 4.82. The molecule has 2 atom stereocenters. The van der Waals surface area contributed by atoms with Crippen LogP contribution < -0.4 is 5.32 Å². The van der Waals surface area contributed by atoms with Crippen LogP contribution in [0.15, 0.2) is 0 Å². The highest BCUT2D eigenvalue weighted by Crippen LogP contribution is 2.43. The standard InChI is InChI=1S/C9H16BrN/c10-9-4-2-1-3-8(9)7-11-6-5-9/h8,11H,1-7H2/p+1/t8-,9-/m1/s1. The molecule has 2 fully saturated rings. The van der Waals surface area contributed by atoms with Crippen molar-refractivity contribution in [3.8, 4) is 0 Å². The Bertz CT molecular complexity index is 134. The number of hydrogen-bond acceptors (Lipinski definition) is 0. The summed E-state index contributed by atoms with van der Waals surface area (Å²) in [6.07, 6.45) is 7.18. The summed E-state index contributed by atoms with van der Waals surface area (Å²) in [4.78, 5) is 0. The molecule has 0 bridgehead atoms. The molecule has 0 aromatic heterocycles. The molecule has 0 unspecified atom stereocenters. The Hall–Kier alpha value is 0.440. The average molecular weight is 219 g/mol. The number of alkyl halides is 1. The first kappa shape index (κ1) is 8.06. The van der Waals surface area contributed by atoms with Crippen LogP contribution in [0.2, 0.25) is 0 Å². The van der Waals surface area contributed by atoms with Gasteiger partial charge in [-0.25, -0.2) is 0 Å². The van der Waals surface area contributed by atoms with Gasteiger partial charge in [-0.1, -0.05) is 28.8 Å². The first-order chi connectivity index (χ1) is 5.31. The average Bonchev–Trinajstić information content (AvgIpc) is 2.03. The maximum Gasteiger partial charge on any atom is 0.0797 e. The minimum atomic E-state index is 0.556. The fourth-order valence-corrected chi connectivity index (χ4v) is 3.52. The lowest BCUT2D eigenvalue weighted by Gasteiger charge is -2.41. The van der Waals surface area contributed by atoms with E-state index in [1.54, 1.807) is 0 Å². The molecule has 2 aliphatic rings. The van der Waals surface area contributed by atoms with E-state index in [4.69, 9.17) is 0 Å². The Labute approximate surface area is 77.1 Å². The van der Waals surface area contributed by atoms with Crippen molar-refractivity contribution in [2.24, 2.45) is 5.92 Å². The van der Waals surface area contributed by atoms with Gasteiger partial charge in [0, 0.05) is 16.7 Å². The van der Waals surface area contributed by atoms with E-state index >= 15 is 0 Å². The van der Waals surface area contributed by atoms with Crippen molar-refractivity contribution < 1.29 is 5.32 Å². The van der Waals surface area contributed by atoms with Crippen LogP contribution in [0.3, 0.4) is 0 Å². The zero-order valence-electron chi connectivity index (χ0n) is 6.98. The Morgan fingerprint density at radius 2 is 2.18 bits per heavy atom. The van der Waals surface area contributed by atoms with E-state index in [1.807, 2.05) is 0 Å². The molecular weight excluding hydrogens is 202 g/mol. The molecule has 1 aliphatic heterocycles. The maximum atomic E-state index is 3.95. The van der Waals surface area contributed by atoms with Gasteiger partial charge in [0.15, 0.2) is 0 Å². The van der Waals surface area contributed by atoms with Crippen LogP contribution in [0.4, 0.5) is 0 Å². The molecule has 11 heavy (non-hydrogen) atoms. The van der Waals surface area contributed by atoms with Crippen LogP contribution in [0, 0.1) is 5.92 Å². The largest absolute Gasteiger partial charge is 0.346 e. The molecule has 2 N–H and O–H groups in total. The third kappa shape index (κ3) is 1.48. The number of piperidine rings is 1. The second kappa shape index (κ2) is 3.06. The number of halogens is 1. The van der Waals surface area contributed by atoms with Crippen molar-refractivity contribution >= 4 is 15.9 Å². The van der Waals surface area contributed by atoms with Crippen LogP contribution in [0.5, 0.6) is 0 Å². The summed E-state index contributed by atoms with van der Waals surface area (Å²) < 4.78 is 0.556. The highest BCUT2D eigenvalue weighted by Gasteiger charge is 2.41. The van der Waals surface area contributed by atoms with Crippen LogP contribution in [0.25, 0.3) is 0 Å². The molecular formula is C9H17BrN+. The van der Waals surface area contributed by atoms with E-state index in [1.165, 1.54) is 45.2 Å². The molecule has 1 saturated heterocycles. The summed E-state index contributed by atoms with van der Waals surface area (Å²) in [7, 11) is 0. The van der Waals surface area contributed by atoms with Gasteiger partial charge in [0.1, 0.15) is 0 Å². The third-order valence-electron chi connectivity index (χ3n) is 3.34. The van der Waals surface area contributed by atoms with Crippen molar-refractivity contribution in [2.45, 2.75) is 36.4 Å². The van der Waals surface area contributed by atoms with Crippen molar-refractivity contribution in [3.05, 3.63) is 0 Å². The van der Waals surface area contributed by atoms with Gasteiger partial charge >= 0.3 is 0 Å². The van der Waals surface area contributed by atoms with Gasteiger partial charge < -0.3 is 5.32 Å². The SMILES string of the molecule is Br[C@@]12CCCC[C@@H]1C[NH2+]CC2. The van der Waals surface area contributed by atoms with E-state index in [0.29, 0.717) is 4.32 Å². The zero-order valence-corrected chi connectivity index (χ0v) is 8.57. The Kier molecular flexibility index (Phi) is 2.24. The Morgan fingerprint density at radius 1 is 1.27 bits per heavy atom. The van der Waals surface area contributed by atoms with Gasteiger partial charge in [-0.05, 0) is 12.8 Å². The number of nitrogens with two attached hydrogens (primary N) is 1. The fourth-order valence-electron chi connectivity index (χ4n) is 2.59. The van der Waals surface area contributed by atoms with Crippen molar-refractivity contribution in [1.82, 2.24) is 0 Å². The number of hydrogen-bond donors (Lipinski definition) is 1. The summed E-state index contributed by atoms with van der Waals surface area (Å²) in [5, 5.41) is 2.48. The van der Waals surface area contributed by atoms with Crippen molar-refractivity contribution in [1.29, 1.82) is 0 Å². The molecule has 1 saturated carbocycles.